The Balaban J connectivity index is 1.29. The molecule has 2 aromatic carbocycles. The number of carbonyl (C=O) groups is 2. The van der Waals surface area contributed by atoms with Gasteiger partial charge in [0.1, 0.15) is 22.0 Å². The van der Waals surface area contributed by atoms with Crippen molar-refractivity contribution in [3.63, 3.8) is 0 Å². The smallest absolute Gasteiger partial charge is 0.246 e. The summed E-state index contributed by atoms with van der Waals surface area (Å²) in [6.07, 6.45) is 1.15. The summed E-state index contributed by atoms with van der Waals surface area (Å²) in [4.78, 5) is 29.0. The van der Waals surface area contributed by atoms with E-state index in [1.807, 2.05) is 24.3 Å². The average molecular weight is 500 g/mol. The van der Waals surface area contributed by atoms with Crippen LogP contribution in [0.5, 0.6) is 0 Å². The molecule has 2 fully saturated rings. The molecule has 1 amide bonds. The number of hydrogen-bond acceptors (Lipinski definition) is 8. The summed E-state index contributed by atoms with van der Waals surface area (Å²) >= 11 is 0.976. The molecule has 9 nitrogen and oxygen atoms in total. The summed E-state index contributed by atoms with van der Waals surface area (Å²) in [6.45, 7) is 4.19. The van der Waals surface area contributed by atoms with Crippen LogP contribution in [0, 0.1) is 0 Å². The van der Waals surface area contributed by atoms with E-state index < -0.39 is 16.1 Å². The SMILES string of the molecule is CC(=O)c1ccc(N2CCN(C(=O)[C@H]3CCCN3S(=O)(=O)c3cccc4nsnc34)CC2)cc1. The fourth-order valence-electron chi connectivity index (χ4n) is 4.69. The van der Waals surface area contributed by atoms with Gasteiger partial charge in [0, 0.05) is 44.0 Å². The monoisotopic (exact) mass is 499 g/mol. The van der Waals surface area contributed by atoms with E-state index in [0.29, 0.717) is 62.2 Å². The number of benzene rings is 2. The number of hydrogen-bond donors (Lipinski definition) is 0. The third-order valence-electron chi connectivity index (χ3n) is 6.55. The van der Waals surface area contributed by atoms with Gasteiger partial charge in [-0.15, -0.1) is 0 Å². The molecule has 2 aliphatic heterocycles. The largest absolute Gasteiger partial charge is 0.368 e. The lowest BCUT2D eigenvalue weighted by Crippen LogP contribution is -2.54. The first-order valence-corrected chi connectivity index (χ1v) is 13.4. The van der Waals surface area contributed by atoms with Gasteiger partial charge in [0.05, 0.1) is 11.7 Å². The number of piperazine rings is 1. The van der Waals surface area contributed by atoms with E-state index in [9.17, 15) is 18.0 Å². The number of Topliss-reactive ketones (excluding diaryl/α,β-unsaturated/α-hetero) is 1. The Morgan fingerprint density at radius 3 is 2.41 bits per heavy atom. The molecular formula is C23H25N5O4S2. The van der Waals surface area contributed by atoms with Crippen LogP contribution in [0.15, 0.2) is 47.4 Å². The zero-order valence-corrected chi connectivity index (χ0v) is 20.4. The van der Waals surface area contributed by atoms with Crippen molar-refractivity contribution < 1.29 is 18.0 Å². The summed E-state index contributed by atoms with van der Waals surface area (Å²) < 4.78 is 36.7. The normalized spacial score (nSPS) is 19.6. The van der Waals surface area contributed by atoms with Crippen LogP contribution in [0.25, 0.3) is 11.0 Å². The molecule has 3 aromatic rings. The van der Waals surface area contributed by atoms with E-state index in [1.165, 1.54) is 10.4 Å². The van der Waals surface area contributed by atoms with E-state index in [-0.39, 0.29) is 16.6 Å². The fourth-order valence-corrected chi connectivity index (χ4v) is 7.10. The fraction of sp³-hybridized carbons (Fsp3) is 0.391. The van der Waals surface area contributed by atoms with Crippen molar-refractivity contribution >= 4 is 50.2 Å². The number of sulfonamides is 1. The highest BCUT2D eigenvalue weighted by atomic mass is 32.2. The van der Waals surface area contributed by atoms with Crippen molar-refractivity contribution in [2.24, 2.45) is 0 Å². The number of fused-ring (bicyclic) bond motifs is 1. The van der Waals surface area contributed by atoms with Crippen LogP contribution in [-0.4, -0.2) is 76.8 Å². The van der Waals surface area contributed by atoms with Gasteiger partial charge in [0.15, 0.2) is 5.78 Å². The quantitative estimate of drug-likeness (QED) is 0.497. The number of rotatable bonds is 5. The number of carbonyl (C=O) groups excluding carboxylic acids is 2. The van der Waals surface area contributed by atoms with Gasteiger partial charge in [-0.05, 0) is 56.2 Å². The van der Waals surface area contributed by atoms with Gasteiger partial charge in [0.25, 0.3) is 0 Å². The molecule has 2 aliphatic rings. The number of anilines is 1. The highest BCUT2D eigenvalue weighted by Gasteiger charge is 2.42. The second kappa shape index (κ2) is 9.05. The Kier molecular flexibility index (Phi) is 6.09. The summed E-state index contributed by atoms with van der Waals surface area (Å²) in [6, 6.07) is 11.7. The Morgan fingerprint density at radius 2 is 1.71 bits per heavy atom. The minimum absolute atomic E-state index is 0.0281. The van der Waals surface area contributed by atoms with E-state index in [2.05, 4.69) is 13.6 Å². The van der Waals surface area contributed by atoms with E-state index in [0.717, 1.165) is 17.4 Å². The molecule has 0 spiro atoms. The molecule has 0 saturated carbocycles. The second-order valence-electron chi connectivity index (χ2n) is 8.58. The number of amides is 1. The lowest BCUT2D eigenvalue weighted by molar-refractivity contribution is -0.134. The third kappa shape index (κ3) is 4.08. The minimum Gasteiger partial charge on any atom is -0.368 e. The molecule has 5 rings (SSSR count). The van der Waals surface area contributed by atoms with Gasteiger partial charge in [-0.25, -0.2) is 8.42 Å². The number of ketones is 1. The third-order valence-corrected chi connectivity index (χ3v) is 9.04. The van der Waals surface area contributed by atoms with Gasteiger partial charge in [0.2, 0.25) is 15.9 Å². The molecule has 1 atom stereocenters. The molecule has 0 aliphatic carbocycles. The summed E-state index contributed by atoms with van der Waals surface area (Å²) in [5, 5.41) is 0. The van der Waals surface area contributed by atoms with Crippen LogP contribution in [0.3, 0.4) is 0 Å². The van der Waals surface area contributed by atoms with Gasteiger partial charge in [-0.1, -0.05) is 6.07 Å². The van der Waals surface area contributed by atoms with E-state index >= 15 is 0 Å². The predicted molar refractivity (Wildman–Crippen MR) is 130 cm³/mol. The highest BCUT2D eigenvalue weighted by Crippen LogP contribution is 2.31. The Hall–Kier alpha value is -2.89. The van der Waals surface area contributed by atoms with E-state index in [1.54, 1.807) is 24.0 Å². The molecular weight excluding hydrogens is 474 g/mol. The van der Waals surface area contributed by atoms with E-state index in [4.69, 9.17) is 0 Å². The maximum Gasteiger partial charge on any atom is 0.246 e. The summed E-state index contributed by atoms with van der Waals surface area (Å²) in [5.74, 6) is -0.114. The number of aromatic nitrogens is 2. The second-order valence-corrected chi connectivity index (χ2v) is 11.0. The van der Waals surface area contributed by atoms with Crippen LogP contribution in [-0.2, 0) is 14.8 Å². The molecule has 0 radical (unpaired) electrons. The lowest BCUT2D eigenvalue weighted by Gasteiger charge is -2.38. The maximum atomic E-state index is 13.5. The van der Waals surface area contributed by atoms with Gasteiger partial charge in [-0.3, -0.25) is 9.59 Å². The molecule has 0 N–H and O–H groups in total. The molecule has 3 heterocycles. The standard InChI is InChI=1S/C23H25N5O4S2/c1-16(29)17-7-9-18(10-8-17)26-12-14-27(15-13-26)23(30)20-5-3-11-28(20)34(31,32)21-6-2-4-19-22(21)25-33-24-19/h2,4,6-10,20H,3,5,11-15H2,1H3/t20-/m1/s1. The molecule has 0 bridgehead atoms. The van der Waals surface area contributed by atoms with Crippen LogP contribution >= 0.6 is 11.7 Å². The summed E-state index contributed by atoms with van der Waals surface area (Å²) in [7, 11) is -3.88. The van der Waals surface area contributed by atoms with Crippen LogP contribution in [0.4, 0.5) is 5.69 Å². The molecule has 1 aromatic heterocycles. The van der Waals surface area contributed by atoms with Crippen molar-refractivity contribution in [3.05, 3.63) is 48.0 Å². The summed E-state index contributed by atoms with van der Waals surface area (Å²) in [5.41, 5.74) is 2.58. The Morgan fingerprint density at radius 1 is 0.971 bits per heavy atom. The van der Waals surface area contributed by atoms with Crippen LogP contribution < -0.4 is 4.90 Å². The van der Waals surface area contributed by atoms with Crippen molar-refractivity contribution in [3.8, 4) is 0 Å². The van der Waals surface area contributed by atoms with Gasteiger partial charge < -0.3 is 9.80 Å². The molecule has 178 valence electrons. The molecule has 34 heavy (non-hydrogen) atoms. The average Bonchev–Trinajstić information content (AvgIpc) is 3.54. The first-order chi connectivity index (χ1) is 16.4. The van der Waals surface area contributed by atoms with Crippen molar-refractivity contribution in [2.75, 3.05) is 37.6 Å². The lowest BCUT2D eigenvalue weighted by atomic mass is 10.1. The minimum atomic E-state index is -3.88. The Bertz CT molecular complexity index is 1330. The van der Waals surface area contributed by atoms with Crippen LogP contribution in [0.1, 0.15) is 30.1 Å². The van der Waals surface area contributed by atoms with Gasteiger partial charge in [-0.2, -0.15) is 13.1 Å². The topological polar surface area (TPSA) is 104 Å². The predicted octanol–water partition coefficient (Wildman–Crippen LogP) is 2.40. The first kappa shape index (κ1) is 22.9. The zero-order valence-electron chi connectivity index (χ0n) is 18.8. The Labute approximate surface area is 202 Å². The number of nitrogens with zero attached hydrogens (tertiary/aromatic N) is 5. The molecule has 2 saturated heterocycles. The first-order valence-electron chi connectivity index (χ1n) is 11.2. The van der Waals surface area contributed by atoms with Crippen molar-refractivity contribution in [1.29, 1.82) is 0 Å². The molecule has 11 heteroatoms. The van der Waals surface area contributed by atoms with Gasteiger partial charge >= 0.3 is 0 Å². The molecule has 0 unspecified atom stereocenters. The highest BCUT2D eigenvalue weighted by molar-refractivity contribution is 7.89. The maximum absolute atomic E-state index is 13.5. The van der Waals surface area contributed by atoms with Crippen LogP contribution in [0.2, 0.25) is 0 Å². The zero-order chi connectivity index (χ0) is 23.9. The van der Waals surface area contributed by atoms with Crippen molar-refractivity contribution in [1.82, 2.24) is 18.0 Å². The van der Waals surface area contributed by atoms with Crippen molar-refractivity contribution in [2.45, 2.75) is 30.7 Å².